The summed E-state index contributed by atoms with van der Waals surface area (Å²) >= 11 is 4.97. The van der Waals surface area contributed by atoms with Crippen molar-refractivity contribution in [2.45, 2.75) is 0 Å². The van der Waals surface area contributed by atoms with E-state index in [1.807, 2.05) is 0 Å². The van der Waals surface area contributed by atoms with Crippen molar-refractivity contribution in [1.29, 1.82) is 0 Å². The summed E-state index contributed by atoms with van der Waals surface area (Å²) in [5.74, 6) is 0.651. The minimum atomic E-state index is 0.332. The predicted octanol–water partition coefficient (Wildman–Crippen LogP) is -0.145. The van der Waals surface area contributed by atoms with Gasteiger partial charge in [0, 0.05) is 26.2 Å². The number of nitrogens with one attached hydrogen (secondary N) is 1. The van der Waals surface area contributed by atoms with Crippen LogP contribution in [0.1, 0.15) is 5.56 Å². The van der Waals surface area contributed by atoms with Gasteiger partial charge in [0.25, 0.3) is 0 Å². The minimum absolute atomic E-state index is 0.332. The first-order valence-electron chi connectivity index (χ1n) is 5.93. The standard InChI is InChI=1S/C11H17N5OS/c12-10(18)9-1-2-14-15-11(9)13-3-4-16-5-7-17-8-6-16/h1-2H,3-8H2,(H2,12,18)(H,13,15). The lowest BCUT2D eigenvalue weighted by molar-refractivity contribution is 0.0398. The predicted molar refractivity (Wildman–Crippen MR) is 73.7 cm³/mol. The number of rotatable bonds is 5. The van der Waals surface area contributed by atoms with Crippen molar-refractivity contribution in [1.82, 2.24) is 15.1 Å². The van der Waals surface area contributed by atoms with Crippen molar-refractivity contribution in [2.24, 2.45) is 5.73 Å². The molecule has 0 aliphatic carbocycles. The molecule has 18 heavy (non-hydrogen) atoms. The Morgan fingerprint density at radius 1 is 1.50 bits per heavy atom. The molecule has 2 rings (SSSR count). The molecule has 1 aromatic rings. The third-order valence-electron chi connectivity index (χ3n) is 2.81. The molecule has 0 spiro atoms. The molecule has 0 bridgehead atoms. The molecule has 0 unspecified atom stereocenters. The van der Waals surface area contributed by atoms with Crippen molar-refractivity contribution in [3.63, 3.8) is 0 Å². The average Bonchev–Trinajstić information content (AvgIpc) is 2.40. The fourth-order valence-corrected chi connectivity index (χ4v) is 1.98. The van der Waals surface area contributed by atoms with Crippen LogP contribution in [0.25, 0.3) is 0 Å². The zero-order valence-electron chi connectivity index (χ0n) is 10.1. The molecule has 0 atom stereocenters. The maximum absolute atomic E-state index is 5.63. The van der Waals surface area contributed by atoms with Gasteiger partial charge in [-0.25, -0.2) is 0 Å². The summed E-state index contributed by atoms with van der Waals surface area (Å²) in [4.78, 5) is 2.67. The van der Waals surface area contributed by atoms with E-state index in [9.17, 15) is 0 Å². The van der Waals surface area contributed by atoms with E-state index in [0.29, 0.717) is 10.8 Å². The fourth-order valence-electron chi connectivity index (χ4n) is 1.82. The number of aromatic nitrogens is 2. The number of nitrogens with zero attached hydrogens (tertiary/aromatic N) is 3. The first-order chi connectivity index (χ1) is 8.77. The summed E-state index contributed by atoms with van der Waals surface area (Å²) in [6.07, 6.45) is 1.58. The van der Waals surface area contributed by atoms with E-state index in [4.69, 9.17) is 22.7 Å². The highest BCUT2D eigenvalue weighted by Crippen LogP contribution is 2.09. The van der Waals surface area contributed by atoms with E-state index in [1.165, 1.54) is 0 Å². The summed E-state index contributed by atoms with van der Waals surface area (Å²) in [5, 5.41) is 11.1. The number of ether oxygens (including phenoxy) is 1. The number of anilines is 1. The summed E-state index contributed by atoms with van der Waals surface area (Å²) in [6, 6.07) is 1.77. The van der Waals surface area contributed by atoms with Gasteiger partial charge in [0.05, 0.1) is 25.0 Å². The van der Waals surface area contributed by atoms with E-state index in [-0.39, 0.29) is 0 Å². The van der Waals surface area contributed by atoms with Gasteiger partial charge in [-0.15, -0.1) is 5.10 Å². The Hall–Kier alpha value is -1.31. The minimum Gasteiger partial charge on any atom is -0.389 e. The van der Waals surface area contributed by atoms with E-state index >= 15 is 0 Å². The van der Waals surface area contributed by atoms with Crippen LogP contribution in [-0.4, -0.2) is 59.5 Å². The Morgan fingerprint density at radius 3 is 3.00 bits per heavy atom. The van der Waals surface area contributed by atoms with Crippen molar-refractivity contribution < 1.29 is 4.74 Å². The van der Waals surface area contributed by atoms with Crippen LogP contribution in [0.3, 0.4) is 0 Å². The van der Waals surface area contributed by atoms with Crippen LogP contribution in [0.5, 0.6) is 0 Å². The van der Waals surface area contributed by atoms with E-state index in [1.54, 1.807) is 12.3 Å². The highest BCUT2D eigenvalue weighted by Gasteiger charge is 2.10. The third-order valence-corrected chi connectivity index (χ3v) is 3.03. The topological polar surface area (TPSA) is 76.3 Å². The largest absolute Gasteiger partial charge is 0.389 e. The van der Waals surface area contributed by atoms with Crippen LogP contribution in [-0.2, 0) is 4.74 Å². The summed E-state index contributed by atoms with van der Waals surface area (Å²) in [6.45, 7) is 5.30. The van der Waals surface area contributed by atoms with E-state index in [2.05, 4.69) is 20.4 Å². The third kappa shape index (κ3) is 3.59. The van der Waals surface area contributed by atoms with Gasteiger partial charge in [-0.3, -0.25) is 4.90 Å². The second kappa shape index (κ2) is 6.58. The molecule has 1 aliphatic heterocycles. The smallest absolute Gasteiger partial charge is 0.158 e. The molecule has 1 fully saturated rings. The summed E-state index contributed by atoms with van der Waals surface area (Å²) < 4.78 is 5.30. The van der Waals surface area contributed by atoms with Gasteiger partial charge in [0.15, 0.2) is 5.82 Å². The average molecular weight is 267 g/mol. The SMILES string of the molecule is NC(=S)c1ccnnc1NCCN1CCOCC1. The molecule has 7 heteroatoms. The van der Waals surface area contributed by atoms with Gasteiger partial charge in [-0.05, 0) is 6.07 Å². The number of hydrogen-bond donors (Lipinski definition) is 2. The monoisotopic (exact) mass is 267 g/mol. The zero-order valence-corrected chi connectivity index (χ0v) is 10.9. The van der Waals surface area contributed by atoms with E-state index in [0.717, 1.165) is 45.0 Å². The van der Waals surface area contributed by atoms with Crippen LogP contribution in [0.15, 0.2) is 12.3 Å². The molecular weight excluding hydrogens is 250 g/mol. The normalized spacial score (nSPS) is 16.4. The lowest BCUT2D eigenvalue weighted by Crippen LogP contribution is -2.39. The lowest BCUT2D eigenvalue weighted by Gasteiger charge is -2.26. The Labute approximate surface area is 112 Å². The second-order valence-electron chi connectivity index (χ2n) is 4.04. The van der Waals surface area contributed by atoms with Gasteiger partial charge in [0.2, 0.25) is 0 Å². The molecule has 0 saturated carbocycles. The van der Waals surface area contributed by atoms with Crippen LogP contribution < -0.4 is 11.1 Å². The van der Waals surface area contributed by atoms with Crippen molar-refractivity contribution in [3.8, 4) is 0 Å². The Balaban J connectivity index is 1.84. The van der Waals surface area contributed by atoms with Crippen molar-refractivity contribution in [2.75, 3.05) is 44.7 Å². The van der Waals surface area contributed by atoms with Crippen LogP contribution in [0.4, 0.5) is 5.82 Å². The number of hydrogen-bond acceptors (Lipinski definition) is 6. The Kier molecular flexibility index (Phi) is 4.80. The highest BCUT2D eigenvalue weighted by molar-refractivity contribution is 7.80. The maximum Gasteiger partial charge on any atom is 0.158 e. The van der Waals surface area contributed by atoms with Gasteiger partial charge in [-0.1, -0.05) is 12.2 Å². The summed E-state index contributed by atoms with van der Waals surface area (Å²) in [5.41, 5.74) is 6.36. The summed E-state index contributed by atoms with van der Waals surface area (Å²) in [7, 11) is 0. The first-order valence-corrected chi connectivity index (χ1v) is 6.33. The number of thiocarbonyl (C=S) groups is 1. The zero-order chi connectivity index (χ0) is 12.8. The molecule has 98 valence electrons. The molecule has 2 heterocycles. The second-order valence-corrected chi connectivity index (χ2v) is 4.48. The van der Waals surface area contributed by atoms with Gasteiger partial charge in [-0.2, -0.15) is 5.10 Å². The molecule has 1 aromatic heterocycles. The first kappa shape index (κ1) is 13.1. The van der Waals surface area contributed by atoms with Crippen molar-refractivity contribution in [3.05, 3.63) is 17.8 Å². The Bertz CT molecular complexity index is 408. The highest BCUT2D eigenvalue weighted by atomic mass is 32.1. The van der Waals surface area contributed by atoms with Crippen LogP contribution >= 0.6 is 12.2 Å². The molecule has 1 saturated heterocycles. The molecule has 0 aromatic carbocycles. The molecule has 0 amide bonds. The number of nitrogens with two attached hydrogens (primary N) is 1. The lowest BCUT2D eigenvalue weighted by atomic mass is 10.3. The molecule has 1 aliphatic rings. The quantitative estimate of drug-likeness (QED) is 0.719. The van der Waals surface area contributed by atoms with E-state index < -0.39 is 0 Å². The Morgan fingerprint density at radius 2 is 2.28 bits per heavy atom. The maximum atomic E-state index is 5.63. The molecule has 3 N–H and O–H groups in total. The molecule has 0 radical (unpaired) electrons. The molecular formula is C11H17N5OS. The van der Waals surface area contributed by atoms with Crippen LogP contribution in [0, 0.1) is 0 Å². The van der Waals surface area contributed by atoms with Gasteiger partial charge < -0.3 is 15.8 Å². The van der Waals surface area contributed by atoms with Crippen LogP contribution in [0.2, 0.25) is 0 Å². The van der Waals surface area contributed by atoms with Gasteiger partial charge >= 0.3 is 0 Å². The number of morpholine rings is 1. The van der Waals surface area contributed by atoms with Crippen molar-refractivity contribution >= 4 is 23.0 Å². The van der Waals surface area contributed by atoms with Gasteiger partial charge in [0.1, 0.15) is 4.99 Å². The fraction of sp³-hybridized carbons (Fsp3) is 0.545. The molecule has 6 nitrogen and oxygen atoms in total.